The highest BCUT2D eigenvalue weighted by molar-refractivity contribution is 5.91. The summed E-state index contributed by atoms with van der Waals surface area (Å²) in [5.74, 6) is 0.583. The SMILES string of the molecule is CCC(CC)C(N)CNC(=O)c1ccco1. The molecule has 0 bridgehead atoms. The van der Waals surface area contributed by atoms with Gasteiger partial charge in [-0.05, 0) is 18.1 Å². The van der Waals surface area contributed by atoms with Gasteiger partial charge in [0.05, 0.1) is 6.26 Å². The highest BCUT2D eigenvalue weighted by Gasteiger charge is 2.16. The molecular formula is C12H20N2O2. The van der Waals surface area contributed by atoms with Crippen molar-refractivity contribution >= 4 is 5.91 Å². The van der Waals surface area contributed by atoms with E-state index < -0.39 is 0 Å². The van der Waals surface area contributed by atoms with E-state index >= 15 is 0 Å². The lowest BCUT2D eigenvalue weighted by molar-refractivity contribution is 0.0920. The predicted octanol–water partition coefficient (Wildman–Crippen LogP) is 1.77. The van der Waals surface area contributed by atoms with E-state index in [2.05, 4.69) is 19.2 Å². The summed E-state index contributed by atoms with van der Waals surface area (Å²) in [5.41, 5.74) is 6.00. The Morgan fingerprint density at radius 1 is 1.50 bits per heavy atom. The lowest BCUT2D eigenvalue weighted by Crippen LogP contribution is -2.41. The first kappa shape index (κ1) is 12.8. The minimum absolute atomic E-state index is 0.00825. The van der Waals surface area contributed by atoms with Crippen molar-refractivity contribution < 1.29 is 9.21 Å². The molecule has 1 aromatic rings. The van der Waals surface area contributed by atoms with Gasteiger partial charge in [-0.2, -0.15) is 0 Å². The summed E-state index contributed by atoms with van der Waals surface area (Å²) in [4.78, 5) is 11.5. The number of hydrogen-bond acceptors (Lipinski definition) is 3. The van der Waals surface area contributed by atoms with Gasteiger partial charge < -0.3 is 15.5 Å². The summed E-state index contributed by atoms with van der Waals surface area (Å²) in [6, 6.07) is 3.34. The molecule has 1 aromatic heterocycles. The molecule has 1 amide bonds. The van der Waals surface area contributed by atoms with Crippen LogP contribution in [-0.2, 0) is 0 Å². The average Bonchev–Trinajstić information content (AvgIpc) is 2.81. The first-order valence-electron chi connectivity index (χ1n) is 5.76. The maximum absolute atomic E-state index is 11.5. The second-order valence-electron chi connectivity index (χ2n) is 3.93. The van der Waals surface area contributed by atoms with Crippen LogP contribution in [0.5, 0.6) is 0 Å². The molecule has 0 radical (unpaired) electrons. The Balaban J connectivity index is 2.37. The normalized spacial score (nSPS) is 12.8. The van der Waals surface area contributed by atoms with Crippen molar-refractivity contribution in [2.45, 2.75) is 32.7 Å². The van der Waals surface area contributed by atoms with Crippen LogP contribution < -0.4 is 11.1 Å². The van der Waals surface area contributed by atoms with E-state index in [-0.39, 0.29) is 11.9 Å². The molecule has 90 valence electrons. The zero-order valence-electron chi connectivity index (χ0n) is 9.90. The Labute approximate surface area is 96.2 Å². The molecule has 3 N–H and O–H groups in total. The number of hydrogen-bond donors (Lipinski definition) is 2. The molecule has 0 saturated heterocycles. The van der Waals surface area contributed by atoms with Gasteiger partial charge in [0.25, 0.3) is 5.91 Å². The molecule has 0 aromatic carbocycles. The minimum Gasteiger partial charge on any atom is -0.459 e. The van der Waals surface area contributed by atoms with Crippen LogP contribution in [0.1, 0.15) is 37.2 Å². The van der Waals surface area contributed by atoms with Crippen LogP contribution in [0.2, 0.25) is 0 Å². The quantitative estimate of drug-likeness (QED) is 0.773. The Morgan fingerprint density at radius 2 is 2.19 bits per heavy atom. The third-order valence-corrected chi connectivity index (χ3v) is 2.90. The number of carbonyl (C=O) groups is 1. The highest BCUT2D eigenvalue weighted by atomic mass is 16.3. The van der Waals surface area contributed by atoms with Crippen molar-refractivity contribution in [1.82, 2.24) is 5.32 Å². The molecule has 0 aliphatic carbocycles. The molecule has 0 aliphatic heterocycles. The molecule has 0 fully saturated rings. The second kappa shape index (κ2) is 6.33. The van der Waals surface area contributed by atoms with Crippen molar-refractivity contribution in [2.24, 2.45) is 11.7 Å². The van der Waals surface area contributed by atoms with Gasteiger partial charge in [-0.15, -0.1) is 0 Å². The van der Waals surface area contributed by atoms with Gasteiger partial charge in [-0.25, -0.2) is 0 Å². The number of rotatable bonds is 6. The molecule has 1 unspecified atom stereocenters. The summed E-state index contributed by atoms with van der Waals surface area (Å²) in [5, 5.41) is 2.78. The van der Waals surface area contributed by atoms with Gasteiger partial charge in [0.2, 0.25) is 0 Å². The number of carbonyl (C=O) groups excluding carboxylic acids is 1. The third kappa shape index (κ3) is 3.38. The van der Waals surface area contributed by atoms with E-state index in [4.69, 9.17) is 10.2 Å². The first-order valence-corrected chi connectivity index (χ1v) is 5.76. The van der Waals surface area contributed by atoms with Crippen molar-refractivity contribution in [2.75, 3.05) is 6.54 Å². The fourth-order valence-electron chi connectivity index (χ4n) is 1.77. The number of amides is 1. The minimum atomic E-state index is -0.202. The molecule has 0 saturated carbocycles. The van der Waals surface area contributed by atoms with E-state index in [0.717, 1.165) is 12.8 Å². The van der Waals surface area contributed by atoms with E-state index in [1.165, 1.54) is 6.26 Å². The van der Waals surface area contributed by atoms with Crippen molar-refractivity contribution in [3.63, 3.8) is 0 Å². The molecule has 4 heteroatoms. The number of nitrogens with two attached hydrogens (primary N) is 1. The topological polar surface area (TPSA) is 68.3 Å². The standard InChI is InChI=1S/C12H20N2O2/c1-3-9(4-2)10(13)8-14-12(15)11-6-5-7-16-11/h5-7,9-10H,3-4,8,13H2,1-2H3,(H,14,15). The third-order valence-electron chi connectivity index (χ3n) is 2.90. The van der Waals surface area contributed by atoms with Gasteiger partial charge in [0, 0.05) is 12.6 Å². The van der Waals surface area contributed by atoms with Gasteiger partial charge in [0.15, 0.2) is 5.76 Å². The Kier molecular flexibility index (Phi) is 5.05. The van der Waals surface area contributed by atoms with Gasteiger partial charge in [-0.1, -0.05) is 26.7 Å². The van der Waals surface area contributed by atoms with Gasteiger partial charge >= 0.3 is 0 Å². The van der Waals surface area contributed by atoms with E-state index in [1.54, 1.807) is 12.1 Å². The van der Waals surface area contributed by atoms with Crippen molar-refractivity contribution in [3.05, 3.63) is 24.2 Å². The summed E-state index contributed by atoms with van der Waals surface area (Å²) >= 11 is 0. The van der Waals surface area contributed by atoms with Crippen LogP contribution in [0.15, 0.2) is 22.8 Å². The zero-order chi connectivity index (χ0) is 12.0. The Morgan fingerprint density at radius 3 is 2.69 bits per heavy atom. The summed E-state index contributed by atoms with van der Waals surface area (Å²) in [7, 11) is 0. The summed E-state index contributed by atoms with van der Waals surface area (Å²) in [6.45, 7) is 4.72. The fraction of sp³-hybridized carbons (Fsp3) is 0.583. The smallest absolute Gasteiger partial charge is 0.287 e. The summed E-state index contributed by atoms with van der Waals surface area (Å²) in [6.07, 6.45) is 3.55. The van der Waals surface area contributed by atoms with Crippen LogP contribution in [0.4, 0.5) is 0 Å². The molecule has 16 heavy (non-hydrogen) atoms. The van der Waals surface area contributed by atoms with Crippen LogP contribution in [-0.4, -0.2) is 18.5 Å². The lowest BCUT2D eigenvalue weighted by Gasteiger charge is -2.21. The molecule has 0 aliphatic rings. The fourth-order valence-corrected chi connectivity index (χ4v) is 1.77. The molecule has 1 atom stereocenters. The number of furan rings is 1. The van der Waals surface area contributed by atoms with E-state index in [1.807, 2.05) is 0 Å². The predicted molar refractivity (Wildman–Crippen MR) is 63.1 cm³/mol. The Bertz CT molecular complexity index is 305. The van der Waals surface area contributed by atoms with E-state index in [0.29, 0.717) is 18.2 Å². The number of nitrogens with one attached hydrogen (secondary N) is 1. The highest BCUT2D eigenvalue weighted by Crippen LogP contribution is 2.10. The second-order valence-corrected chi connectivity index (χ2v) is 3.93. The maximum Gasteiger partial charge on any atom is 0.287 e. The molecular weight excluding hydrogens is 204 g/mol. The van der Waals surface area contributed by atoms with Gasteiger partial charge in [0.1, 0.15) is 0 Å². The largest absolute Gasteiger partial charge is 0.459 e. The van der Waals surface area contributed by atoms with Crippen LogP contribution in [0.3, 0.4) is 0 Å². The lowest BCUT2D eigenvalue weighted by atomic mass is 9.95. The molecule has 0 spiro atoms. The van der Waals surface area contributed by atoms with Gasteiger partial charge in [-0.3, -0.25) is 4.79 Å². The van der Waals surface area contributed by atoms with Crippen LogP contribution in [0, 0.1) is 5.92 Å². The average molecular weight is 224 g/mol. The molecule has 4 nitrogen and oxygen atoms in total. The Hall–Kier alpha value is -1.29. The molecule has 1 heterocycles. The van der Waals surface area contributed by atoms with E-state index in [9.17, 15) is 4.79 Å². The van der Waals surface area contributed by atoms with Crippen molar-refractivity contribution in [3.8, 4) is 0 Å². The summed E-state index contributed by atoms with van der Waals surface area (Å²) < 4.78 is 4.99. The molecule has 1 rings (SSSR count). The first-order chi connectivity index (χ1) is 7.69. The zero-order valence-corrected chi connectivity index (χ0v) is 9.90. The van der Waals surface area contributed by atoms with Crippen LogP contribution in [0.25, 0.3) is 0 Å². The van der Waals surface area contributed by atoms with Crippen molar-refractivity contribution in [1.29, 1.82) is 0 Å². The van der Waals surface area contributed by atoms with Crippen LogP contribution >= 0.6 is 0 Å². The maximum atomic E-state index is 11.5. The monoisotopic (exact) mass is 224 g/mol.